The maximum atomic E-state index is 12.0. The zero-order chi connectivity index (χ0) is 15.3. The zero-order valence-electron chi connectivity index (χ0n) is 10.5. The Kier molecular flexibility index (Phi) is 4.95. The van der Waals surface area contributed by atoms with Gasteiger partial charge in [-0.2, -0.15) is 13.2 Å². The van der Waals surface area contributed by atoms with E-state index in [1.54, 1.807) is 0 Å². The lowest BCUT2D eigenvalue weighted by Crippen LogP contribution is -2.18. The van der Waals surface area contributed by atoms with Crippen molar-refractivity contribution in [3.8, 4) is 5.75 Å². The van der Waals surface area contributed by atoms with Crippen LogP contribution in [0.2, 0.25) is 0 Å². The second-order valence-electron chi connectivity index (χ2n) is 3.88. The van der Waals surface area contributed by atoms with Gasteiger partial charge in [0.15, 0.2) is 0 Å². The third-order valence-electron chi connectivity index (χ3n) is 2.37. The number of nitrogens with one attached hydrogen (secondary N) is 1. The van der Waals surface area contributed by atoms with E-state index in [0.717, 1.165) is 0 Å². The zero-order valence-corrected chi connectivity index (χ0v) is 10.5. The summed E-state index contributed by atoms with van der Waals surface area (Å²) in [5.41, 5.74) is -0.338. The molecule has 0 saturated heterocycles. The lowest BCUT2D eigenvalue weighted by Gasteiger charge is -2.11. The smallest absolute Gasteiger partial charge is 0.389 e. The molecule has 0 atom stereocenters. The number of anilines is 1. The Morgan fingerprint density at radius 2 is 2.00 bits per heavy atom. The van der Waals surface area contributed by atoms with E-state index >= 15 is 0 Å². The van der Waals surface area contributed by atoms with Crippen LogP contribution in [0.25, 0.3) is 0 Å². The first-order valence-corrected chi connectivity index (χ1v) is 5.51. The maximum Gasteiger partial charge on any atom is 0.389 e. The van der Waals surface area contributed by atoms with Crippen molar-refractivity contribution >= 4 is 17.6 Å². The fourth-order valence-corrected chi connectivity index (χ4v) is 1.40. The fraction of sp³-hybridized carbons (Fsp3) is 0.333. The van der Waals surface area contributed by atoms with Gasteiger partial charge in [-0.25, -0.2) is 4.79 Å². The molecule has 0 fully saturated rings. The number of methoxy groups -OCH3 is 1. The van der Waals surface area contributed by atoms with Crippen molar-refractivity contribution in [1.29, 1.82) is 0 Å². The molecular weight excluding hydrogens is 279 g/mol. The molecule has 8 heteroatoms. The molecule has 1 amide bonds. The Morgan fingerprint density at radius 3 is 2.50 bits per heavy atom. The number of carboxylic acids is 1. The van der Waals surface area contributed by atoms with E-state index in [1.807, 2.05) is 0 Å². The molecule has 20 heavy (non-hydrogen) atoms. The van der Waals surface area contributed by atoms with Gasteiger partial charge in [0.1, 0.15) is 5.75 Å². The van der Waals surface area contributed by atoms with Crippen molar-refractivity contribution in [3.05, 3.63) is 23.8 Å². The highest BCUT2D eigenvalue weighted by molar-refractivity contribution is 6.00. The molecule has 0 heterocycles. The van der Waals surface area contributed by atoms with E-state index < -0.39 is 30.9 Å². The molecule has 0 bridgehead atoms. The fourth-order valence-electron chi connectivity index (χ4n) is 1.40. The average molecular weight is 291 g/mol. The van der Waals surface area contributed by atoms with Crippen LogP contribution in [-0.4, -0.2) is 30.3 Å². The summed E-state index contributed by atoms with van der Waals surface area (Å²) in [4.78, 5) is 22.4. The number of ether oxygens (including phenoxy) is 1. The van der Waals surface area contributed by atoms with Crippen molar-refractivity contribution < 1.29 is 32.6 Å². The number of alkyl halides is 3. The minimum atomic E-state index is -4.44. The van der Waals surface area contributed by atoms with E-state index in [4.69, 9.17) is 9.84 Å². The number of hydrogen-bond acceptors (Lipinski definition) is 3. The molecule has 0 aromatic heterocycles. The number of carbonyl (C=O) groups excluding carboxylic acids is 1. The Bertz CT molecular complexity index is 514. The Hall–Kier alpha value is -2.25. The van der Waals surface area contributed by atoms with Crippen LogP contribution in [0.3, 0.4) is 0 Å². The molecule has 0 aliphatic rings. The second kappa shape index (κ2) is 6.27. The molecule has 5 nitrogen and oxygen atoms in total. The van der Waals surface area contributed by atoms with Crippen molar-refractivity contribution in [1.82, 2.24) is 0 Å². The van der Waals surface area contributed by atoms with E-state index in [0.29, 0.717) is 0 Å². The normalized spacial score (nSPS) is 11.0. The van der Waals surface area contributed by atoms with Crippen LogP contribution in [0.15, 0.2) is 18.2 Å². The monoisotopic (exact) mass is 291 g/mol. The van der Waals surface area contributed by atoms with Gasteiger partial charge < -0.3 is 15.2 Å². The van der Waals surface area contributed by atoms with E-state index in [9.17, 15) is 22.8 Å². The number of rotatable bonds is 5. The topological polar surface area (TPSA) is 75.6 Å². The number of carboxylic acid groups (broad SMARTS) is 1. The largest absolute Gasteiger partial charge is 0.497 e. The van der Waals surface area contributed by atoms with Crippen LogP contribution >= 0.6 is 0 Å². The number of amides is 1. The Morgan fingerprint density at radius 1 is 1.35 bits per heavy atom. The number of aromatic carboxylic acids is 1. The van der Waals surface area contributed by atoms with E-state index in [1.165, 1.54) is 25.3 Å². The van der Waals surface area contributed by atoms with Crippen molar-refractivity contribution in [3.63, 3.8) is 0 Å². The third kappa shape index (κ3) is 4.79. The highest BCUT2D eigenvalue weighted by atomic mass is 19.4. The van der Waals surface area contributed by atoms with Crippen LogP contribution in [0.4, 0.5) is 18.9 Å². The van der Waals surface area contributed by atoms with Gasteiger partial charge in [-0.1, -0.05) is 0 Å². The summed E-state index contributed by atoms with van der Waals surface area (Å²) >= 11 is 0. The first-order valence-electron chi connectivity index (χ1n) is 5.51. The summed E-state index contributed by atoms with van der Waals surface area (Å²) in [7, 11) is 1.34. The molecular formula is C12H12F3NO4. The second-order valence-corrected chi connectivity index (χ2v) is 3.88. The summed E-state index contributed by atoms with van der Waals surface area (Å²) < 4.78 is 40.7. The molecule has 1 rings (SSSR count). The first kappa shape index (κ1) is 15.8. The number of carbonyl (C=O) groups is 2. The number of halogens is 3. The first-order chi connectivity index (χ1) is 9.23. The summed E-state index contributed by atoms with van der Waals surface area (Å²) in [5, 5.41) is 11.1. The standard InChI is InChI=1S/C12H12F3NO4/c1-20-7-2-3-9(8(6-7)11(18)19)16-10(17)4-5-12(13,14)15/h2-3,6H,4-5H2,1H3,(H,16,17)(H,18,19). The molecule has 0 radical (unpaired) electrons. The minimum absolute atomic E-state index is 0.0783. The molecule has 0 aliphatic heterocycles. The molecule has 0 unspecified atom stereocenters. The summed E-state index contributed by atoms with van der Waals surface area (Å²) in [5.74, 6) is -1.97. The Labute approximate surface area is 112 Å². The summed E-state index contributed by atoms with van der Waals surface area (Å²) in [6, 6.07) is 3.82. The summed E-state index contributed by atoms with van der Waals surface area (Å²) in [6.07, 6.45) is -6.47. The van der Waals surface area contributed by atoms with Gasteiger partial charge in [-0.15, -0.1) is 0 Å². The molecule has 1 aromatic carbocycles. The van der Waals surface area contributed by atoms with E-state index in [2.05, 4.69) is 5.32 Å². The summed E-state index contributed by atoms with van der Waals surface area (Å²) in [6.45, 7) is 0. The molecule has 0 saturated carbocycles. The lowest BCUT2D eigenvalue weighted by atomic mass is 10.1. The predicted octanol–water partition coefficient (Wildman–Crippen LogP) is 2.67. The van der Waals surface area contributed by atoms with E-state index in [-0.39, 0.29) is 17.0 Å². The lowest BCUT2D eigenvalue weighted by molar-refractivity contribution is -0.142. The van der Waals surface area contributed by atoms with Gasteiger partial charge in [-0.05, 0) is 18.2 Å². The molecule has 2 N–H and O–H groups in total. The highest BCUT2D eigenvalue weighted by Crippen LogP contribution is 2.24. The van der Waals surface area contributed by atoms with Gasteiger partial charge in [0, 0.05) is 6.42 Å². The van der Waals surface area contributed by atoms with Crippen LogP contribution in [0, 0.1) is 0 Å². The van der Waals surface area contributed by atoms with Crippen LogP contribution in [0.1, 0.15) is 23.2 Å². The predicted molar refractivity (Wildman–Crippen MR) is 63.9 cm³/mol. The van der Waals surface area contributed by atoms with Gasteiger partial charge in [0.05, 0.1) is 24.8 Å². The van der Waals surface area contributed by atoms with Crippen molar-refractivity contribution in [2.24, 2.45) is 0 Å². The van der Waals surface area contributed by atoms with Gasteiger partial charge >= 0.3 is 12.1 Å². The van der Waals surface area contributed by atoms with Crippen LogP contribution < -0.4 is 10.1 Å². The SMILES string of the molecule is COc1ccc(NC(=O)CCC(F)(F)F)c(C(=O)O)c1. The van der Waals surface area contributed by atoms with Gasteiger partial charge in [-0.3, -0.25) is 4.79 Å². The molecule has 0 aliphatic carbocycles. The molecule has 110 valence electrons. The quantitative estimate of drug-likeness (QED) is 0.874. The molecule has 0 spiro atoms. The maximum absolute atomic E-state index is 12.0. The highest BCUT2D eigenvalue weighted by Gasteiger charge is 2.28. The van der Waals surface area contributed by atoms with Crippen molar-refractivity contribution in [2.45, 2.75) is 19.0 Å². The van der Waals surface area contributed by atoms with Crippen molar-refractivity contribution in [2.75, 3.05) is 12.4 Å². The number of hydrogen-bond donors (Lipinski definition) is 2. The van der Waals surface area contributed by atoms with Crippen LogP contribution in [0.5, 0.6) is 5.75 Å². The Balaban J connectivity index is 2.81. The van der Waals surface area contributed by atoms with Gasteiger partial charge in [0.2, 0.25) is 5.91 Å². The van der Waals surface area contributed by atoms with Crippen LogP contribution in [-0.2, 0) is 4.79 Å². The van der Waals surface area contributed by atoms with Gasteiger partial charge in [0.25, 0.3) is 0 Å². The molecule has 1 aromatic rings. The average Bonchev–Trinajstić information content (AvgIpc) is 2.35. The third-order valence-corrected chi connectivity index (χ3v) is 2.37. The minimum Gasteiger partial charge on any atom is -0.497 e. The number of benzene rings is 1.